The number of rotatable bonds is 1. The summed E-state index contributed by atoms with van der Waals surface area (Å²) in [5.74, 6) is 2.86. The van der Waals surface area contributed by atoms with Crippen LogP contribution in [0.3, 0.4) is 0 Å². The highest BCUT2D eigenvalue weighted by molar-refractivity contribution is 5.21. The van der Waals surface area contributed by atoms with Crippen molar-refractivity contribution in [3.8, 4) is 0 Å². The third kappa shape index (κ3) is 1.89. The zero-order valence-corrected chi connectivity index (χ0v) is 11.9. The van der Waals surface area contributed by atoms with Crippen molar-refractivity contribution >= 4 is 0 Å². The van der Waals surface area contributed by atoms with Crippen LogP contribution >= 0.6 is 0 Å². The first kappa shape index (κ1) is 12.2. The lowest BCUT2D eigenvalue weighted by molar-refractivity contribution is 0.181. The summed E-state index contributed by atoms with van der Waals surface area (Å²) in [5.41, 5.74) is 2.81. The van der Waals surface area contributed by atoms with Crippen LogP contribution in [0.4, 0.5) is 0 Å². The maximum absolute atomic E-state index is 4.79. The van der Waals surface area contributed by atoms with Gasteiger partial charge in [-0.25, -0.2) is 4.98 Å². The first-order valence-corrected chi connectivity index (χ1v) is 7.45. The van der Waals surface area contributed by atoms with Crippen molar-refractivity contribution in [2.24, 2.45) is 11.8 Å². The largest absolute Gasteiger partial charge is 0.329 e. The molecule has 3 unspecified atom stereocenters. The molecule has 1 N–H and O–H groups in total. The molecule has 0 bridgehead atoms. The molecule has 18 heavy (non-hydrogen) atoms. The van der Waals surface area contributed by atoms with E-state index in [1.165, 1.54) is 36.5 Å². The minimum Gasteiger partial charge on any atom is -0.329 e. The lowest BCUT2D eigenvalue weighted by Gasteiger charge is -2.37. The lowest BCUT2D eigenvalue weighted by atomic mass is 9.77. The topological polar surface area (TPSA) is 29.9 Å². The van der Waals surface area contributed by atoms with Gasteiger partial charge in [0.1, 0.15) is 5.82 Å². The van der Waals surface area contributed by atoms with Gasteiger partial charge >= 0.3 is 0 Å². The zero-order valence-electron chi connectivity index (χ0n) is 11.9. The highest BCUT2D eigenvalue weighted by atomic mass is 15.1. The van der Waals surface area contributed by atoms with Crippen LogP contribution in [0.25, 0.3) is 0 Å². The summed E-state index contributed by atoms with van der Waals surface area (Å²) in [7, 11) is 0. The number of aromatic nitrogens is 2. The smallest absolute Gasteiger partial charge is 0.106 e. The Morgan fingerprint density at radius 1 is 1.28 bits per heavy atom. The standard InChI is InChI=1S/C15H25N3/c1-10-5-4-6-14(11(10)2)18-12(3)17-13-9-16-8-7-15(13)18/h10-11,14,16H,4-9H2,1-3H3. The van der Waals surface area contributed by atoms with Crippen molar-refractivity contribution in [1.29, 1.82) is 0 Å². The average molecular weight is 247 g/mol. The highest BCUT2D eigenvalue weighted by Crippen LogP contribution is 2.39. The molecule has 1 aromatic heterocycles. The number of hydrogen-bond acceptors (Lipinski definition) is 2. The summed E-state index contributed by atoms with van der Waals surface area (Å²) in [6.45, 7) is 9.09. The van der Waals surface area contributed by atoms with Crippen LogP contribution in [0.15, 0.2) is 0 Å². The van der Waals surface area contributed by atoms with Gasteiger partial charge in [0.25, 0.3) is 0 Å². The van der Waals surface area contributed by atoms with Gasteiger partial charge in [0, 0.05) is 31.2 Å². The number of hydrogen-bond donors (Lipinski definition) is 1. The molecule has 1 aliphatic heterocycles. The number of aryl methyl sites for hydroxylation is 1. The molecule has 0 amide bonds. The van der Waals surface area contributed by atoms with Crippen LogP contribution in [0.2, 0.25) is 0 Å². The molecule has 0 spiro atoms. The van der Waals surface area contributed by atoms with Gasteiger partial charge in [-0.3, -0.25) is 0 Å². The third-order valence-electron chi connectivity index (χ3n) is 5.10. The van der Waals surface area contributed by atoms with Gasteiger partial charge in [0.15, 0.2) is 0 Å². The second-order valence-corrected chi connectivity index (χ2v) is 6.18. The average Bonchev–Trinajstić information content (AvgIpc) is 2.69. The van der Waals surface area contributed by atoms with E-state index < -0.39 is 0 Å². The van der Waals surface area contributed by atoms with Gasteiger partial charge in [0.2, 0.25) is 0 Å². The zero-order chi connectivity index (χ0) is 12.7. The maximum atomic E-state index is 4.79. The Balaban J connectivity index is 1.98. The maximum Gasteiger partial charge on any atom is 0.106 e. The molecule has 3 atom stereocenters. The molecular weight excluding hydrogens is 222 g/mol. The normalized spacial score (nSPS) is 32.3. The second kappa shape index (κ2) is 4.69. The SMILES string of the molecule is Cc1nc2c(n1C1CCCC(C)C1C)CCNC2. The van der Waals surface area contributed by atoms with Crippen LogP contribution in [0.1, 0.15) is 56.4 Å². The summed E-state index contributed by atoms with van der Waals surface area (Å²) >= 11 is 0. The summed E-state index contributed by atoms with van der Waals surface area (Å²) in [6, 6.07) is 0.683. The Hall–Kier alpha value is -0.830. The number of fused-ring (bicyclic) bond motifs is 1. The van der Waals surface area contributed by atoms with Crippen molar-refractivity contribution in [1.82, 2.24) is 14.9 Å². The van der Waals surface area contributed by atoms with E-state index in [-0.39, 0.29) is 0 Å². The molecule has 0 aromatic carbocycles. The second-order valence-electron chi connectivity index (χ2n) is 6.18. The molecule has 2 aliphatic rings. The highest BCUT2D eigenvalue weighted by Gasteiger charge is 2.31. The number of imidazole rings is 1. The lowest BCUT2D eigenvalue weighted by Crippen LogP contribution is -2.31. The Morgan fingerprint density at radius 2 is 2.11 bits per heavy atom. The number of nitrogens with zero attached hydrogens (tertiary/aromatic N) is 2. The predicted octanol–water partition coefficient (Wildman–Crippen LogP) is 2.83. The number of nitrogens with one attached hydrogen (secondary N) is 1. The van der Waals surface area contributed by atoms with Crippen molar-refractivity contribution in [2.75, 3.05) is 6.54 Å². The van der Waals surface area contributed by atoms with E-state index in [9.17, 15) is 0 Å². The van der Waals surface area contributed by atoms with Crippen molar-refractivity contribution < 1.29 is 0 Å². The summed E-state index contributed by atoms with van der Waals surface area (Å²) in [6.07, 6.45) is 5.26. The molecule has 3 heteroatoms. The summed E-state index contributed by atoms with van der Waals surface area (Å²) in [4.78, 5) is 4.79. The van der Waals surface area contributed by atoms with Crippen LogP contribution in [-0.2, 0) is 13.0 Å². The van der Waals surface area contributed by atoms with E-state index in [1.54, 1.807) is 0 Å². The van der Waals surface area contributed by atoms with Gasteiger partial charge < -0.3 is 9.88 Å². The summed E-state index contributed by atoms with van der Waals surface area (Å²) < 4.78 is 2.58. The quantitative estimate of drug-likeness (QED) is 0.827. The minimum atomic E-state index is 0.683. The molecular formula is C15H25N3. The van der Waals surface area contributed by atoms with Crippen LogP contribution in [-0.4, -0.2) is 16.1 Å². The van der Waals surface area contributed by atoms with E-state index in [0.717, 1.165) is 31.3 Å². The van der Waals surface area contributed by atoms with E-state index in [4.69, 9.17) is 4.98 Å². The molecule has 1 aliphatic carbocycles. The van der Waals surface area contributed by atoms with Gasteiger partial charge in [-0.1, -0.05) is 26.7 Å². The van der Waals surface area contributed by atoms with Gasteiger partial charge in [-0.15, -0.1) is 0 Å². The fourth-order valence-corrected chi connectivity index (χ4v) is 3.83. The molecule has 1 aromatic rings. The Labute approximate surface area is 110 Å². The van der Waals surface area contributed by atoms with E-state index in [1.807, 2.05) is 0 Å². The van der Waals surface area contributed by atoms with Gasteiger partial charge in [-0.05, 0) is 25.2 Å². The Bertz CT molecular complexity index is 435. The molecule has 3 nitrogen and oxygen atoms in total. The van der Waals surface area contributed by atoms with Gasteiger partial charge in [0.05, 0.1) is 5.69 Å². The Morgan fingerprint density at radius 3 is 2.94 bits per heavy atom. The third-order valence-corrected chi connectivity index (χ3v) is 5.10. The fourth-order valence-electron chi connectivity index (χ4n) is 3.83. The van der Waals surface area contributed by atoms with E-state index in [0.29, 0.717) is 6.04 Å². The molecule has 2 heterocycles. The Kier molecular flexibility index (Phi) is 3.18. The van der Waals surface area contributed by atoms with Gasteiger partial charge in [-0.2, -0.15) is 0 Å². The molecule has 0 radical (unpaired) electrons. The first-order valence-electron chi connectivity index (χ1n) is 7.45. The first-order chi connectivity index (χ1) is 8.68. The molecule has 0 saturated heterocycles. The van der Waals surface area contributed by atoms with Crippen LogP contribution < -0.4 is 5.32 Å². The molecule has 1 fully saturated rings. The van der Waals surface area contributed by atoms with Crippen LogP contribution in [0.5, 0.6) is 0 Å². The fraction of sp³-hybridized carbons (Fsp3) is 0.800. The monoisotopic (exact) mass is 247 g/mol. The molecule has 3 rings (SSSR count). The minimum absolute atomic E-state index is 0.683. The van der Waals surface area contributed by atoms with E-state index in [2.05, 4.69) is 30.7 Å². The molecule has 1 saturated carbocycles. The summed E-state index contributed by atoms with van der Waals surface area (Å²) in [5, 5.41) is 3.43. The van der Waals surface area contributed by atoms with E-state index >= 15 is 0 Å². The van der Waals surface area contributed by atoms with Crippen molar-refractivity contribution in [3.05, 3.63) is 17.2 Å². The van der Waals surface area contributed by atoms with Crippen molar-refractivity contribution in [2.45, 2.75) is 59.0 Å². The van der Waals surface area contributed by atoms with Crippen LogP contribution in [0, 0.1) is 18.8 Å². The molecule has 100 valence electrons. The van der Waals surface area contributed by atoms with Crippen molar-refractivity contribution in [3.63, 3.8) is 0 Å². The predicted molar refractivity (Wildman–Crippen MR) is 73.6 cm³/mol.